The molecule has 0 N–H and O–H groups in total. The Labute approximate surface area is 302 Å². The molecule has 0 bridgehead atoms. The molecule has 0 aliphatic heterocycles. The molecule has 2 nitrogen and oxygen atoms in total. The Morgan fingerprint density at radius 1 is 0.314 bits per heavy atom. The Morgan fingerprint density at radius 3 is 1.53 bits per heavy atom. The molecule has 51 heavy (non-hydrogen) atoms. The van der Waals surface area contributed by atoms with E-state index in [9.17, 15) is 0 Å². The molecule has 8 aromatic carbocycles. The van der Waals surface area contributed by atoms with Gasteiger partial charge >= 0.3 is 0 Å². The van der Waals surface area contributed by atoms with E-state index < -0.39 is 0 Å². The van der Waals surface area contributed by atoms with E-state index in [0.717, 1.165) is 45.3 Å². The standard InChI is InChI=1S/C48H34N2S/c1-4-17-37(18-5-1)49(40-32-30-35(31-33-40)43-26-15-27-45-44-25-11-13-29-47(44)51-48(43)45)41-23-14-16-36(34-41)42-24-10-12-28-46(42)50(38-19-6-2-7-20-38)39-21-8-3-9-22-39/h1-34H. The predicted octanol–water partition coefficient (Wildman–Crippen LogP) is 14.3. The van der Waals surface area contributed by atoms with E-state index >= 15 is 0 Å². The Hall–Kier alpha value is -6.42. The quantitative estimate of drug-likeness (QED) is 0.159. The minimum absolute atomic E-state index is 1.10. The van der Waals surface area contributed by atoms with Crippen LogP contribution in [0.5, 0.6) is 0 Å². The Bertz CT molecular complexity index is 2540. The summed E-state index contributed by atoms with van der Waals surface area (Å²) in [5.74, 6) is 0. The van der Waals surface area contributed by atoms with Crippen molar-refractivity contribution in [2.24, 2.45) is 0 Å². The third-order valence-corrected chi connectivity index (χ3v) is 10.7. The molecule has 0 atom stereocenters. The molecule has 0 saturated carbocycles. The normalized spacial score (nSPS) is 11.1. The van der Waals surface area contributed by atoms with Gasteiger partial charge in [0.15, 0.2) is 0 Å². The molecular formula is C48H34N2S. The summed E-state index contributed by atoms with van der Waals surface area (Å²) in [6.45, 7) is 0. The summed E-state index contributed by atoms with van der Waals surface area (Å²) in [4.78, 5) is 4.69. The summed E-state index contributed by atoms with van der Waals surface area (Å²) in [6.07, 6.45) is 0. The van der Waals surface area contributed by atoms with Crippen LogP contribution in [0.1, 0.15) is 0 Å². The maximum absolute atomic E-state index is 2.35. The number of thiophene rings is 1. The zero-order valence-electron chi connectivity index (χ0n) is 27.9. The molecule has 1 heterocycles. The minimum atomic E-state index is 1.10. The van der Waals surface area contributed by atoms with Crippen LogP contribution in [0.25, 0.3) is 42.4 Å². The molecule has 0 saturated heterocycles. The lowest BCUT2D eigenvalue weighted by atomic mass is 10.00. The number of benzene rings is 8. The molecule has 0 aliphatic rings. The lowest BCUT2D eigenvalue weighted by Crippen LogP contribution is -2.11. The van der Waals surface area contributed by atoms with Crippen molar-refractivity contribution in [3.63, 3.8) is 0 Å². The third-order valence-electron chi connectivity index (χ3n) is 9.44. The van der Waals surface area contributed by atoms with Gasteiger partial charge in [-0.15, -0.1) is 11.3 Å². The topological polar surface area (TPSA) is 6.48 Å². The van der Waals surface area contributed by atoms with Gasteiger partial charge in [0.2, 0.25) is 0 Å². The summed E-state index contributed by atoms with van der Waals surface area (Å²) in [6, 6.07) is 73.9. The van der Waals surface area contributed by atoms with Gasteiger partial charge in [-0.1, -0.05) is 133 Å². The second-order valence-corrected chi connectivity index (χ2v) is 13.6. The molecule has 0 unspecified atom stereocenters. The summed E-state index contributed by atoms with van der Waals surface area (Å²) in [5.41, 5.74) is 11.5. The van der Waals surface area contributed by atoms with Crippen LogP contribution >= 0.6 is 11.3 Å². The van der Waals surface area contributed by atoms with Gasteiger partial charge in [-0.05, 0) is 89.5 Å². The van der Waals surface area contributed by atoms with Crippen molar-refractivity contribution in [1.82, 2.24) is 0 Å². The number of para-hydroxylation sites is 4. The van der Waals surface area contributed by atoms with Crippen LogP contribution in [0.3, 0.4) is 0 Å². The number of hydrogen-bond acceptors (Lipinski definition) is 3. The highest BCUT2D eigenvalue weighted by atomic mass is 32.1. The van der Waals surface area contributed by atoms with Crippen LogP contribution in [-0.2, 0) is 0 Å². The van der Waals surface area contributed by atoms with Crippen molar-refractivity contribution >= 4 is 65.6 Å². The van der Waals surface area contributed by atoms with Gasteiger partial charge in [0.05, 0.1) is 5.69 Å². The van der Waals surface area contributed by atoms with E-state index in [-0.39, 0.29) is 0 Å². The highest BCUT2D eigenvalue weighted by molar-refractivity contribution is 7.26. The van der Waals surface area contributed by atoms with Gasteiger partial charge in [0.1, 0.15) is 0 Å². The summed E-state index contributed by atoms with van der Waals surface area (Å²) >= 11 is 1.87. The van der Waals surface area contributed by atoms with Gasteiger partial charge in [0, 0.05) is 54.2 Å². The van der Waals surface area contributed by atoms with Crippen molar-refractivity contribution in [2.75, 3.05) is 9.80 Å². The molecular weight excluding hydrogens is 637 g/mol. The minimum Gasteiger partial charge on any atom is -0.310 e. The molecule has 0 radical (unpaired) electrons. The number of rotatable bonds is 8. The second kappa shape index (κ2) is 13.5. The molecule has 9 rings (SSSR count). The second-order valence-electron chi connectivity index (χ2n) is 12.6. The number of nitrogens with zero attached hydrogens (tertiary/aromatic N) is 2. The molecule has 0 amide bonds. The Kier molecular flexibility index (Phi) is 8.09. The van der Waals surface area contributed by atoms with Crippen LogP contribution in [-0.4, -0.2) is 0 Å². The van der Waals surface area contributed by atoms with E-state index in [4.69, 9.17) is 0 Å². The molecule has 0 aliphatic carbocycles. The third kappa shape index (κ3) is 5.84. The highest BCUT2D eigenvalue weighted by Crippen LogP contribution is 2.44. The first-order valence-corrected chi connectivity index (χ1v) is 18.1. The fourth-order valence-electron chi connectivity index (χ4n) is 7.10. The molecule has 0 spiro atoms. The fraction of sp³-hybridized carbons (Fsp3) is 0. The Balaban J connectivity index is 1.14. The number of hydrogen-bond donors (Lipinski definition) is 0. The lowest BCUT2D eigenvalue weighted by Gasteiger charge is -2.29. The number of anilines is 6. The average molecular weight is 671 g/mol. The van der Waals surface area contributed by atoms with Crippen molar-refractivity contribution in [3.05, 3.63) is 206 Å². The van der Waals surface area contributed by atoms with Gasteiger partial charge in [-0.3, -0.25) is 0 Å². The van der Waals surface area contributed by atoms with Crippen LogP contribution in [0.2, 0.25) is 0 Å². The van der Waals surface area contributed by atoms with Gasteiger partial charge in [-0.2, -0.15) is 0 Å². The van der Waals surface area contributed by atoms with Gasteiger partial charge < -0.3 is 9.80 Å². The number of fused-ring (bicyclic) bond motifs is 3. The van der Waals surface area contributed by atoms with Crippen LogP contribution in [0.15, 0.2) is 206 Å². The van der Waals surface area contributed by atoms with E-state index in [2.05, 4.69) is 216 Å². The fourth-order valence-corrected chi connectivity index (χ4v) is 8.33. The van der Waals surface area contributed by atoms with Crippen molar-refractivity contribution in [3.8, 4) is 22.3 Å². The van der Waals surface area contributed by atoms with Gasteiger partial charge in [-0.25, -0.2) is 0 Å². The highest BCUT2D eigenvalue weighted by Gasteiger charge is 2.19. The van der Waals surface area contributed by atoms with Crippen molar-refractivity contribution in [1.29, 1.82) is 0 Å². The van der Waals surface area contributed by atoms with E-state index in [0.29, 0.717) is 0 Å². The van der Waals surface area contributed by atoms with E-state index in [1.807, 2.05) is 11.3 Å². The molecule has 0 fully saturated rings. The summed E-state index contributed by atoms with van der Waals surface area (Å²) in [5, 5.41) is 2.64. The average Bonchev–Trinajstić information content (AvgIpc) is 3.59. The lowest BCUT2D eigenvalue weighted by molar-refractivity contribution is 1.27. The first-order chi connectivity index (χ1) is 25.3. The van der Waals surface area contributed by atoms with Crippen LogP contribution in [0, 0.1) is 0 Å². The largest absolute Gasteiger partial charge is 0.310 e. The SMILES string of the molecule is c1ccc(N(c2ccc(-c3cccc4c3sc3ccccc34)cc2)c2cccc(-c3ccccc3N(c3ccccc3)c3ccccc3)c2)cc1. The predicted molar refractivity (Wildman–Crippen MR) is 220 cm³/mol. The maximum atomic E-state index is 2.35. The Morgan fingerprint density at radius 2 is 0.824 bits per heavy atom. The monoisotopic (exact) mass is 670 g/mol. The zero-order chi connectivity index (χ0) is 34.0. The van der Waals surface area contributed by atoms with Crippen LogP contribution < -0.4 is 9.80 Å². The molecule has 3 heteroatoms. The molecule has 9 aromatic rings. The van der Waals surface area contributed by atoms with Crippen molar-refractivity contribution in [2.45, 2.75) is 0 Å². The molecule has 242 valence electrons. The zero-order valence-corrected chi connectivity index (χ0v) is 28.7. The molecule has 1 aromatic heterocycles. The maximum Gasteiger partial charge on any atom is 0.0540 e. The van der Waals surface area contributed by atoms with Crippen LogP contribution in [0.4, 0.5) is 34.1 Å². The van der Waals surface area contributed by atoms with E-state index in [1.165, 1.54) is 31.3 Å². The van der Waals surface area contributed by atoms with Gasteiger partial charge in [0.25, 0.3) is 0 Å². The first kappa shape index (κ1) is 30.6. The summed E-state index contributed by atoms with van der Waals surface area (Å²) < 4.78 is 2.65. The summed E-state index contributed by atoms with van der Waals surface area (Å²) in [7, 11) is 0. The smallest absolute Gasteiger partial charge is 0.0540 e. The van der Waals surface area contributed by atoms with Crippen molar-refractivity contribution < 1.29 is 0 Å². The first-order valence-electron chi connectivity index (χ1n) is 17.3. The van der Waals surface area contributed by atoms with E-state index in [1.54, 1.807) is 0 Å².